The molecule has 8 atom stereocenters. The lowest BCUT2D eigenvalue weighted by molar-refractivity contribution is -0.118. The lowest BCUT2D eigenvalue weighted by Gasteiger charge is -2.56. The van der Waals surface area contributed by atoms with Gasteiger partial charge in [-0.15, -0.1) is 0 Å². The zero-order chi connectivity index (χ0) is 17.3. The van der Waals surface area contributed by atoms with Gasteiger partial charge >= 0.3 is 0 Å². The number of fused-ring (bicyclic) bond motifs is 5. The minimum absolute atomic E-state index is 0.358. The summed E-state index contributed by atoms with van der Waals surface area (Å²) in [6.07, 6.45) is 15.5. The van der Waals surface area contributed by atoms with Crippen LogP contribution in [0, 0.1) is 46.8 Å². The molecule has 0 heterocycles. The van der Waals surface area contributed by atoms with Crippen molar-refractivity contribution in [3.8, 4) is 0 Å². The molecule has 1 heteroatoms. The Morgan fingerprint density at radius 3 is 2.38 bits per heavy atom. The maximum absolute atomic E-state index is 11.5. The summed E-state index contributed by atoms with van der Waals surface area (Å²) in [5.74, 6) is 6.33. The first-order valence-electron chi connectivity index (χ1n) is 11.1. The largest absolute Gasteiger partial charge is 0.303 e. The van der Waals surface area contributed by atoms with E-state index in [1.807, 2.05) is 13.8 Å². The van der Waals surface area contributed by atoms with Gasteiger partial charge in [-0.05, 0) is 92.3 Å². The highest BCUT2D eigenvalue weighted by molar-refractivity contribution is 5.56. The van der Waals surface area contributed by atoms with Crippen molar-refractivity contribution >= 4 is 6.29 Å². The standard InChI is InChI=1S/C21H34O.C2H6/c1-3-14-4-7-17-15(12-14)5-8-19-18(17)10-11-21(2)16(13-22)6-9-20(19)21;1-2/h13-20H,3-12H2,1-2H3;1-2H3. The van der Waals surface area contributed by atoms with E-state index in [9.17, 15) is 4.79 Å². The molecule has 24 heavy (non-hydrogen) atoms. The quantitative estimate of drug-likeness (QED) is 0.527. The van der Waals surface area contributed by atoms with Gasteiger partial charge in [0.1, 0.15) is 6.29 Å². The van der Waals surface area contributed by atoms with Crippen molar-refractivity contribution in [3.05, 3.63) is 0 Å². The molecule has 0 radical (unpaired) electrons. The fourth-order valence-corrected chi connectivity index (χ4v) is 7.59. The molecule has 4 rings (SSSR count). The molecule has 0 spiro atoms. The van der Waals surface area contributed by atoms with Gasteiger partial charge in [-0.25, -0.2) is 0 Å². The van der Waals surface area contributed by atoms with E-state index in [2.05, 4.69) is 13.8 Å². The average molecular weight is 333 g/mol. The van der Waals surface area contributed by atoms with Crippen LogP contribution in [0.3, 0.4) is 0 Å². The SMILES string of the molecule is CC.CCC1CCC2C(CCC3C2CCC2(C)C(C=O)CCC32)C1. The van der Waals surface area contributed by atoms with Gasteiger partial charge in [0.15, 0.2) is 0 Å². The molecule has 0 aromatic rings. The Labute approximate surface area is 150 Å². The summed E-state index contributed by atoms with van der Waals surface area (Å²) in [5, 5.41) is 0. The molecule has 138 valence electrons. The van der Waals surface area contributed by atoms with Crippen LogP contribution in [-0.2, 0) is 4.79 Å². The van der Waals surface area contributed by atoms with E-state index >= 15 is 0 Å². The van der Waals surface area contributed by atoms with Gasteiger partial charge in [-0.1, -0.05) is 40.5 Å². The molecule has 1 nitrogen and oxygen atoms in total. The second-order valence-electron chi connectivity index (χ2n) is 9.39. The molecule has 4 aliphatic carbocycles. The second kappa shape index (κ2) is 7.50. The molecule has 4 fully saturated rings. The lowest BCUT2D eigenvalue weighted by Crippen LogP contribution is -2.48. The third-order valence-electron chi connectivity index (χ3n) is 8.88. The Balaban J connectivity index is 0.000000815. The van der Waals surface area contributed by atoms with Crippen molar-refractivity contribution in [1.82, 2.24) is 0 Å². The highest BCUT2D eigenvalue weighted by Gasteiger charge is 2.56. The minimum Gasteiger partial charge on any atom is -0.303 e. The van der Waals surface area contributed by atoms with Gasteiger partial charge in [0, 0.05) is 5.92 Å². The van der Waals surface area contributed by atoms with Crippen molar-refractivity contribution in [1.29, 1.82) is 0 Å². The summed E-state index contributed by atoms with van der Waals surface area (Å²) < 4.78 is 0. The normalized spacial score (nSPS) is 49.9. The number of carbonyl (C=O) groups is 1. The van der Waals surface area contributed by atoms with Crippen LogP contribution in [0.2, 0.25) is 0 Å². The Morgan fingerprint density at radius 1 is 0.917 bits per heavy atom. The fraction of sp³-hybridized carbons (Fsp3) is 0.957. The maximum atomic E-state index is 11.5. The van der Waals surface area contributed by atoms with Gasteiger partial charge in [0.05, 0.1) is 0 Å². The van der Waals surface area contributed by atoms with Crippen molar-refractivity contribution in [2.75, 3.05) is 0 Å². The summed E-state index contributed by atoms with van der Waals surface area (Å²) in [4.78, 5) is 11.5. The first kappa shape index (κ1) is 18.5. The van der Waals surface area contributed by atoms with E-state index in [0.29, 0.717) is 11.3 Å². The van der Waals surface area contributed by atoms with Gasteiger partial charge in [-0.2, -0.15) is 0 Å². The molecule has 4 saturated carbocycles. The van der Waals surface area contributed by atoms with Gasteiger partial charge in [0.2, 0.25) is 0 Å². The van der Waals surface area contributed by atoms with Crippen LogP contribution in [0.4, 0.5) is 0 Å². The van der Waals surface area contributed by atoms with Crippen molar-refractivity contribution < 1.29 is 4.79 Å². The molecular weight excluding hydrogens is 292 g/mol. The predicted octanol–water partition coefficient (Wildman–Crippen LogP) is 6.51. The predicted molar refractivity (Wildman–Crippen MR) is 102 cm³/mol. The summed E-state index contributed by atoms with van der Waals surface area (Å²) in [6, 6.07) is 0. The fourth-order valence-electron chi connectivity index (χ4n) is 7.59. The van der Waals surface area contributed by atoms with E-state index < -0.39 is 0 Å². The van der Waals surface area contributed by atoms with E-state index in [-0.39, 0.29) is 0 Å². The van der Waals surface area contributed by atoms with Crippen molar-refractivity contribution in [2.24, 2.45) is 46.8 Å². The average Bonchev–Trinajstić information content (AvgIpc) is 2.99. The molecule has 0 bridgehead atoms. The topological polar surface area (TPSA) is 17.1 Å². The summed E-state index contributed by atoms with van der Waals surface area (Å²) in [6.45, 7) is 8.85. The molecule has 0 aromatic heterocycles. The van der Waals surface area contributed by atoms with Crippen LogP contribution in [-0.4, -0.2) is 6.29 Å². The number of carbonyl (C=O) groups excluding carboxylic acids is 1. The first-order valence-corrected chi connectivity index (χ1v) is 11.1. The van der Waals surface area contributed by atoms with Gasteiger partial charge in [0.25, 0.3) is 0 Å². The molecule has 4 aliphatic rings. The molecule has 0 aliphatic heterocycles. The molecule has 8 unspecified atom stereocenters. The number of hydrogen-bond acceptors (Lipinski definition) is 1. The number of hydrogen-bond donors (Lipinski definition) is 0. The van der Waals surface area contributed by atoms with E-state index in [1.165, 1.54) is 70.5 Å². The maximum Gasteiger partial charge on any atom is 0.123 e. The monoisotopic (exact) mass is 332 g/mol. The van der Waals surface area contributed by atoms with E-state index in [4.69, 9.17) is 0 Å². The summed E-state index contributed by atoms with van der Waals surface area (Å²) in [7, 11) is 0. The molecule has 0 N–H and O–H groups in total. The van der Waals surface area contributed by atoms with Crippen molar-refractivity contribution in [2.45, 2.75) is 91.9 Å². The van der Waals surface area contributed by atoms with Crippen LogP contribution in [0.5, 0.6) is 0 Å². The van der Waals surface area contributed by atoms with E-state index in [0.717, 1.165) is 35.5 Å². The zero-order valence-electron chi connectivity index (χ0n) is 16.6. The summed E-state index contributed by atoms with van der Waals surface area (Å²) in [5.41, 5.74) is 0.358. The van der Waals surface area contributed by atoms with E-state index in [1.54, 1.807) is 0 Å². The van der Waals surface area contributed by atoms with Crippen LogP contribution < -0.4 is 0 Å². The Hall–Kier alpha value is -0.330. The summed E-state index contributed by atoms with van der Waals surface area (Å²) >= 11 is 0. The lowest BCUT2D eigenvalue weighted by atomic mass is 9.49. The number of aldehydes is 1. The smallest absolute Gasteiger partial charge is 0.123 e. The Bertz CT molecular complexity index is 430. The molecule has 0 amide bonds. The third-order valence-corrected chi connectivity index (χ3v) is 8.88. The van der Waals surface area contributed by atoms with Gasteiger partial charge < -0.3 is 4.79 Å². The molecule has 0 aromatic carbocycles. The van der Waals surface area contributed by atoms with Crippen LogP contribution in [0.1, 0.15) is 91.9 Å². The van der Waals surface area contributed by atoms with Crippen LogP contribution in [0.15, 0.2) is 0 Å². The third kappa shape index (κ3) is 2.88. The Morgan fingerprint density at radius 2 is 1.67 bits per heavy atom. The second-order valence-corrected chi connectivity index (χ2v) is 9.39. The molecule has 0 saturated heterocycles. The van der Waals surface area contributed by atoms with Crippen LogP contribution in [0.25, 0.3) is 0 Å². The number of rotatable bonds is 2. The highest BCUT2D eigenvalue weighted by atomic mass is 16.1. The van der Waals surface area contributed by atoms with Crippen LogP contribution >= 0.6 is 0 Å². The molecular formula is C23H40O. The highest BCUT2D eigenvalue weighted by Crippen LogP contribution is 2.64. The Kier molecular flexibility index (Phi) is 5.77. The minimum atomic E-state index is 0.358. The van der Waals surface area contributed by atoms with Gasteiger partial charge in [-0.3, -0.25) is 0 Å². The zero-order valence-corrected chi connectivity index (χ0v) is 16.6. The first-order chi connectivity index (χ1) is 11.7. The van der Waals surface area contributed by atoms with Crippen molar-refractivity contribution in [3.63, 3.8) is 0 Å².